The molecule has 156 valence electrons. The van der Waals surface area contributed by atoms with Crippen molar-refractivity contribution in [2.75, 3.05) is 39.3 Å². The van der Waals surface area contributed by atoms with E-state index in [1.165, 1.54) is 16.4 Å². The highest BCUT2D eigenvalue weighted by Crippen LogP contribution is 2.30. The van der Waals surface area contributed by atoms with Crippen molar-refractivity contribution in [1.29, 1.82) is 0 Å². The maximum absolute atomic E-state index is 12.9. The van der Waals surface area contributed by atoms with Crippen molar-refractivity contribution in [3.05, 3.63) is 22.2 Å². The van der Waals surface area contributed by atoms with E-state index in [9.17, 15) is 23.3 Å². The Kier molecular flexibility index (Phi) is 6.65. The molecule has 10 nitrogen and oxygen atoms in total. The van der Waals surface area contributed by atoms with Crippen molar-refractivity contribution < 1.29 is 18.1 Å². The molecular weight excluding hydrogens is 406 g/mol. The van der Waals surface area contributed by atoms with Crippen LogP contribution in [0.15, 0.2) is 16.3 Å². The van der Waals surface area contributed by atoms with E-state index in [2.05, 4.69) is 15.5 Å². The minimum Gasteiger partial charge on any atom is -0.353 e. The van der Waals surface area contributed by atoms with Gasteiger partial charge >= 0.3 is 5.00 Å². The van der Waals surface area contributed by atoms with Crippen LogP contribution < -0.4 is 10.6 Å². The molecule has 2 aliphatic rings. The predicted octanol–water partition coefficient (Wildman–Crippen LogP) is 0.219. The van der Waals surface area contributed by atoms with Gasteiger partial charge in [0.1, 0.15) is 4.21 Å². The van der Waals surface area contributed by atoms with Gasteiger partial charge in [0.15, 0.2) is 0 Å². The molecule has 0 radical (unpaired) electrons. The summed E-state index contributed by atoms with van der Waals surface area (Å²) in [6, 6.07) is 2.22. The SMILES string of the molecule is CCCC1C(=O)NCCN1C[C@H]1CN(S(=O)(=O)c2ccc([N+](=O)[O-])s2)CCN1. The van der Waals surface area contributed by atoms with Gasteiger partial charge in [-0.05, 0) is 23.8 Å². The maximum atomic E-state index is 12.9. The first-order chi connectivity index (χ1) is 13.3. The number of hydrogen-bond acceptors (Lipinski definition) is 8. The van der Waals surface area contributed by atoms with Crippen LogP contribution in [-0.4, -0.2) is 79.8 Å². The maximum Gasteiger partial charge on any atom is 0.325 e. The summed E-state index contributed by atoms with van der Waals surface area (Å²) < 4.78 is 27.1. The predicted molar refractivity (Wildman–Crippen MR) is 105 cm³/mol. The molecule has 2 N–H and O–H groups in total. The van der Waals surface area contributed by atoms with Crippen LogP contribution in [0.2, 0.25) is 0 Å². The molecule has 2 saturated heterocycles. The van der Waals surface area contributed by atoms with Crippen LogP contribution in [0, 0.1) is 10.1 Å². The minimum atomic E-state index is -3.77. The van der Waals surface area contributed by atoms with Crippen molar-refractivity contribution in [3.8, 4) is 0 Å². The van der Waals surface area contributed by atoms with E-state index in [0.717, 1.165) is 19.4 Å². The molecular formula is C16H25N5O5S2. The largest absolute Gasteiger partial charge is 0.353 e. The Hall–Kier alpha value is -1.60. The van der Waals surface area contributed by atoms with Crippen molar-refractivity contribution in [2.24, 2.45) is 0 Å². The number of amides is 1. The quantitative estimate of drug-likeness (QED) is 0.467. The van der Waals surface area contributed by atoms with Gasteiger partial charge in [-0.2, -0.15) is 4.31 Å². The molecule has 0 saturated carbocycles. The number of piperazine rings is 2. The number of nitrogens with one attached hydrogen (secondary N) is 2. The Morgan fingerprint density at radius 2 is 2.11 bits per heavy atom. The first-order valence-corrected chi connectivity index (χ1v) is 11.6. The lowest BCUT2D eigenvalue weighted by Gasteiger charge is -2.40. The Labute approximate surface area is 168 Å². The van der Waals surface area contributed by atoms with Crippen LogP contribution in [0.1, 0.15) is 19.8 Å². The van der Waals surface area contributed by atoms with Crippen LogP contribution in [0.3, 0.4) is 0 Å². The molecule has 1 aromatic rings. The summed E-state index contributed by atoms with van der Waals surface area (Å²) in [4.78, 5) is 24.6. The normalized spacial score (nSPS) is 24.8. The van der Waals surface area contributed by atoms with Gasteiger partial charge < -0.3 is 10.6 Å². The lowest BCUT2D eigenvalue weighted by molar-refractivity contribution is -0.380. The topological polar surface area (TPSA) is 125 Å². The molecule has 2 aliphatic heterocycles. The van der Waals surface area contributed by atoms with Gasteiger partial charge in [0.2, 0.25) is 5.91 Å². The number of thiophene rings is 1. The third-order valence-corrected chi connectivity index (χ3v) is 8.39. The van der Waals surface area contributed by atoms with Crippen LogP contribution in [-0.2, 0) is 14.8 Å². The highest BCUT2D eigenvalue weighted by atomic mass is 32.2. The number of sulfonamides is 1. The molecule has 1 amide bonds. The fourth-order valence-electron chi connectivity index (χ4n) is 3.66. The number of hydrogen-bond donors (Lipinski definition) is 2. The summed E-state index contributed by atoms with van der Waals surface area (Å²) in [5.74, 6) is 0.0271. The fraction of sp³-hybridized carbons (Fsp3) is 0.688. The average Bonchev–Trinajstić information content (AvgIpc) is 3.16. The Balaban J connectivity index is 1.69. The van der Waals surface area contributed by atoms with Crippen molar-refractivity contribution in [3.63, 3.8) is 0 Å². The standard InChI is InChI=1S/C16H25N5O5S2/c1-2-3-13-16(22)18-6-8-19(13)10-12-11-20(9-7-17-12)28(25,26)15-5-4-14(27-15)21(23)24/h4-5,12-13,17H,2-3,6-11H2,1H3,(H,18,22)/t12-,13?/m0/s1. The summed E-state index contributed by atoms with van der Waals surface area (Å²) in [5.41, 5.74) is 0. The van der Waals surface area contributed by atoms with Crippen LogP contribution >= 0.6 is 11.3 Å². The van der Waals surface area contributed by atoms with E-state index < -0.39 is 14.9 Å². The van der Waals surface area contributed by atoms with Crippen LogP contribution in [0.5, 0.6) is 0 Å². The number of nitrogens with zero attached hydrogens (tertiary/aromatic N) is 3. The van der Waals surface area contributed by atoms with Crippen molar-refractivity contribution in [2.45, 2.75) is 36.1 Å². The average molecular weight is 432 g/mol. The zero-order chi connectivity index (χ0) is 20.3. The summed E-state index contributed by atoms with van der Waals surface area (Å²) in [5, 5.41) is 16.9. The molecule has 0 bridgehead atoms. The second-order valence-electron chi connectivity index (χ2n) is 6.95. The molecule has 3 rings (SSSR count). The third-order valence-electron chi connectivity index (χ3n) is 5.02. The van der Waals surface area contributed by atoms with E-state index in [-0.39, 0.29) is 33.7 Å². The molecule has 1 unspecified atom stereocenters. The van der Waals surface area contributed by atoms with Gasteiger partial charge in [0, 0.05) is 51.4 Å². The Bertz CT molecular complexity index is 827. The van der Waals surface area contributed by atoms with Gasteiger partial charge in [0.25, 0.3) is 10.0 Å². The molecule has 12 heteroatoms. The molecule has 0 aliphatic carbocycles. The minimum absolute atomic E-state index is 0.0129. The number of carbonyl (C=O) groups excluding carboxylic acids is 1. The molecule has 0 spiro atoms. The summed E-state index contributed by atoms with van der Waals surface area (Å²) in [6.45, 7) is 5.01. The van der Waals surface area contributed by atoms with Crippen LogP contribution in [0.25, 0.3) is 0 Å². The smallest absolute Gasteiger partial charge is 0.325 e. The zero-order valence-corrected chi connectivity index (χ0v) is 17.3. The number of nitro groups is 1. The summed E-state index contributed by atoms with van der Waals surface area (Å²) in [7, 11) is -3.77. The molecule has 28 heavy (non-hydrogen) atoms. The van der Waals surface area contributed by atoms with E-state index >= 15 is 0 Å². The molecule has 3 heterocycles. The molecule has 2 atom stereocenters. The number of carbonyl (C=O) groups is 1. The molecule has 1 aromatic heterocycles. The highest BCUT2D eigenvalue weighted by Gasteiger charge is 2.35. The van der Waals surface area contributed by atoms with E-state index in [4.69, 9.17) is 0 Å². The molecule has 2 fully saturated rings. The second kappa shape index (κ2) is 8.82. The highest BCUT2D eigenvalue weighted by molar-refractivity contribution is 7.91. The fourth-order valence-corrected chi connectivity index (χ4v) is 6.41. The van der Waals surface area contributed by atoms with Gasteiger partial charge in [-0.25, -0.2) is 8.42 Å². The lowest BCUT2D eigenvalue weighted by atomic mass is 10.1. The second-order valence-corrected chi connectivity index (χ2v) is 10.2. The zero-order valence-electron chi connectivity index (χ0n) is 15.7. The first-order valence-electron chi connectivity index (χ1n) is 9.32. The van der Waals surface area contributed by atoms with Gasteiger partial charge in [-0.3, -0.25) is 19.8 Å². The summed E-state index contributed by atoms with van der Waals surface area (Å²) >= 11 is 0.673. The van der Waals surface area contributed by atoms with Gasteiger partial charge in [0.05, 0.1) is 11.0 Å². The first kappa shape index (κ1) is 21.1. The van der Waals surface area contributed by atoms with Gasteiger partial charge in [-0.15, -0.1) is 0 Å². The van der Waals surface area contributed by atoms with Crippen LogP contribution in [0.4, 0.5) is 5.00 Å². The van der Waals surface area contributed by atoms with E-state index in [1.54, 1.807) is 0 Å². The lowest BCUT2D eigenvalue weighted by Crippen LogP contribution is -2.61. The Morgan fingerprint density at radius 1 is 1.32 bits per heavy atom. The Morgan fingerprint density at radius 3 is 2.79 bits per heavy atom. The van der Waals surface area contributed by atoms with E-state index in [1.807, 2.05) is 6.92 Å². The number of rotatable bonds is 7. The van der Waals surface area contributed by atoms with Crippen molar-refractivity contribution in [1.82, 2.24) is 19.8 Å². The monoisotopic (exact) mass is 431 g/mol. The van der Waals surface area contributed by atoms with E-state index in [0.29, 0.717) is 37.5 Å². The van der Waals surface area contributed by atoms with Gasteiger partial charge in [-0.1, -0.05) is 13.3 Å². The third kappa shape index (κ3) is 4.51. The van der Waals surface area contributed by atoms with Crippen molar-refractivity contribution >= 4 is 32.3 Å². The molecule has 0 aromatic carbocycles. The summed E-state index contributed by atoms with van der Waals surface area (Å²) in [6.07, 6.45) is 1.66.